The largest absolute Gasteiger partial charge is 0.349 e. The lowest BCUT2D eigenvalue weighted by atomic mass is 9.87. The van der Waals surface area contributed by atoms with Crippen LogP contribution in [0.2, 0.25) is 0 Å². The van der Waals surface area contributed by atoms with Crippen LogP contribution in [0.15, 0.2) is 103 Å². The summed E-state index contributed by atoms with van der Waals surface area (Å²) in [5, 5.41) is 0. The van der Waals surface area contributed by atoms with E-state index in [1.54, 1.807) is 0 Å². The van der Waals surface area contributed by atoms with Crippen LogP contribution in [0.3, 0.4) is 0 Å². The minimum atomic E-state index is 0.714. The SMILES string of the molecule is BN1CCC(c2ccc(-c3ccc(-c4ccc(-c5ccccc5)cc4)cc3)cc2)CC1. The monoisotopic (exact) mass is 401 g/mol. The van der Waals surface area contributed by atoms with E-state index < -0.39 is 0 Å². The van der Waals surface area contributed by atoms with E-state index >= 15 is 0 Å². The van der Waals surface area contributed by atoms with Crippen LogP contribution in [0, 0.1) is 0 Å². The van der Waals surface area contributed by atoms with Gasteiger partial charge in [-0.3, -0.25) is 0 Å². The predicted octanol–water partition coefficient (Wildman–Crippen LogP) is 6.42. The molecule has 31 heavy (non-hydrogen) atoms. The highest BCUT2D eigenvalue weighted by molar-refractivity contribution is 6.04. The molecule has 4 aromatic rings. The standard InChI is InChI=1S/C29H28BN/c30-31-20-18-29(19-21-31)28-16-14-27(15-17-28)26-12-10-25(11-13-26)24-8-6-23(7-9-24)22-4-2-1-3-5-22/h1-17,29H,18-21,30H2. The second-order valence-corrected chi connectivity index (χ2v) is 8.72. The van der Waals surface area contributed by atoms with Gasteiger partial charge in [0, 0.05) is 0 Å². The maximum absolute atomic E-state index is 2.43. The zero-order chi connectivity index (χ0) is 21.0. The Kier molecular flexibility index (Phi) is 5.73. The number of piperidine rings is 1. The highest BCUT2D eigenvalue weighted by Gasteiger charge is 2.17. The van der Waals surface area contributed by atoms with Crippen LogP contribution in [0.1, 0.15) is 24.3 Å². The summed E-state index contributed by atoms with van der Waals surface area (Å²) in [6.07, 6.45) is 2.54. The lowest BCUT2D eigenvalue weighted by molar-refractivity contribution is 0.335. The molecule has 1 heterocycles. The molecule has 0 atom stereocenters. The molecule has 152 valence electrons. The van der Waals surface area contributed by atoms with Gasteiger partial charge >= 0.3 is 0 Å². The van der Waals surface area contributed by atoms with Crippen LogP contribution >= 0.6 is 0 Å². The summed E-state index contributed by atoms with van der Waals surface area (Å²) < 4.78 is 0. The fourth-order valence-corrected chi connectivity index (χ4v) is 4.63. The molecule has 0 radical (unpaired) electrons. The van der Waals surface area contributed by atoms with Gasteiger partial charge in [0.25, 0.3) is 0 Å². The summed E-state index contributed by atoms with van der Waals surface area (Å²) in [5.74, 6) is 0.714. The van der Waals surface area contributed by atoms with E-state index in [0.29, 0.717) is 5.92 Å². The Morgan fingerprint density at radius 2 is 0.839 bits per heavy atom. The number of rotatable bonds is 4. The quantitative estimate of drug-likeness (QED) is 0.357. The van der Waals surface area contributed by atoms with Gasteiger partial charge in [-0.25, -0.2) is 0 Å². The molecule has 0 saturated carbocycles. The summed E-state index contributed by atoms with van der Waals surface area (Å²) in [7, 11) is 2.22. The van der Waals surface area contributed by atoms with Crippen molar-refractivity contribution in [2.45, 2.75) is 18.8 Å². The van der Waals surface area contributed by atoms with Crippen molar-refractivity contribution < 1.29 is 0 Å². The first kappa shape index (κ1) is 19.8. The maximum Gasteiger partial charge on any atom is 0.185 e. The van der Waals surface area contributed by atoms with Crippen molar-refractivity contribution in [3.8, 4) is 33.4 Å². The third-order valence-electron chi connectivity index (χ3n) is 6.64. The fourth-order valence-electron chi connectivity index (χ4n) is 4.63. The lowest BCUT2D eigenvalue weighted by Gasteiger charge is -2.29. The number of hydrogen-bond donors (Lipinski definition) is 0. The summed E-state index contributed by atoms with van der Waals surface area (Å²) in [4.78, 5) is 2.43. The zero-order valence-electron chi connectivity index (χ0n) is 18.2. The Morgan fingerprint density at radius 1 is 0.484 bits per heavy atom. The summed E-state index contributed by atoms with van der Waals surface area (Å²) in [5.41, 5.74) is 9.09. The minimum absolute atomic E-state index is 0.714. The first-order valence-electron chi connectivity index (χ1n) is 11.3. The molecule has 1 nitrogen and oxygen atoms in total. The molecule has 0 aromatic heterocycles. The van der Waals surface area contributed by atoms with Gasteiger partial charge < -0.3 is 4.81 Å². The van der Waals surface area contributed by atoms with Gasteiger partial charge in [-0.1, -0.05) is 103 Å². The van der Waals surface area contributed by atoms with Crippen molar-refractivity contribution in [2.24, 2.45) is 0 Å². The minimum Gasteiger partial charge on any atom is -0.349 e. The van der Waals surface area contributed by atoms with Crippen molar-refractivity contribution in [2.75, 3.05) is 13.1 Å². The average Bonchev–Trinajstić information content (AvgIpc) is 2.85. The average molecular weight is 401 g/mol. The van der Waals surface area contributed by atoms with Crippen molar-refractivity contribution in [3.05, 3.63) is 109 Å². The first-order chi connectivity index (χ1) is 15.3. The number of benzene rings is 4. The smallest absolute Gasteiger partial charge is 0.185 e. The Balaban J connectivity index is 1.30. The highest BCUT2D eigenvalue weighted by atomic mass is 15.0. The third-order valence-corrected chi connectivity index (χ3v) is 6.64. The van der Waals surface area contributed by atoms with Crippen LogP contribution in [-0.4, -0.2) is 25.9 Å². The summed E-state index contributed by atoms with van der Waals surface area (Å²) >= 11 is 0. The number of hydrogen-bond acceptors (Lipinski definition) is 1. The fraction of sp³-hybridized carbons (Fsp3) is 0.172. The van der Waals surface area contributed by atoms with Crippen molar-refractivity contribution >= 4 is 7.98 Å². The molecule has 0 amide bonds. The van der Waals surface area contributed by atoms with E-state index in [1.165, 1.54) is 64.9 Å². The Morgan fingerprint density at radius 3 is 1.26 bits per heavy atom. The van der Waals surface area contributed by atoms with Crippen LogP contribution in [0.25, 0.3) is 33.4 Å². The molecule has 2 heteroatoms. The molecule has 0 N–H and O–H groups in total. The molecule has 5 rings (SSSR count). The van der Waals surface area contributed by atoms with Crippen molar-refractivity contribution in [3.63, 3.8) is 0 Å². The molecule has 1 fully saturated rings. The topological polar surface area (TPSA) is 3.24 Å². The zero-order valence-corrected chi connectivity index (χ0v) is 18.2. The molecule has 1 aliphatic heterocycles. The van der Waals surface area contributed by atoms with Crippen LogP contribution in [0.5, 0.6) is 0 Å². The van der Waals surface area contributed by atoms with E-state index in [-0.39, 0.29) is 0 Å². The van der Waals surface area contributed by atoms with Gasteiger partial charge in [0.15, 0.2) is 7.98 Å². The molecule has 4 aromatic carbocycles. The molecule has 0 unspecified atom stereocenters. The Bertz CT molecular complexity index is 1110. The summed E-state index contributed by atoms with van der Waals surface area (Å²) in [6.45, 7) is 2.42. The number of nitrogens with zero attached hydrogens (tertiary/aromatic N) is 1. The Hall–Kier alpha value is -3.10. The van der Waals surface area contributed by atoms with Crippen molar-refractivity contribution in [1.82, 2.24) is 4.81 Å². The van der Waals surface area contributed by atoms with Crippen LogP contribution in [0.4, 0.5) is 0 Å². The van der Waals surface area contributed by atoms with Gasteiger partial charge in [-0.2, -0.15) is 0 Å². The maximum atomic E-state index is 2.43. The Labute approximate surface area is 186 Å². The van der Waals surface area contributed by atoms with Gasteiger partial charge in [0.1, 0.15) is 0 Å². The van der Waals surface area contributed by atoms with E-state index in [9.17, 15) is 0 Å². The van der Waals surface area contributed by atoms with Crippen LogP contribution < -0.4 is 0 Å². The molecule has 0 aliphatic carbocycles. The molecular weight excluding hydrogens is 373 g/mol. The van der Waals surface area contributed by atoms with Gasteiger partial charge in [-0.15, -0.1) is 0 Å². The third kappa shape index (κ3) is 4.50. The second-order valence-electron chi connectivity index (χ2n) is 8.72. The van der Waals surface area contributed by atoms with E-state index in [1.807, 2.05) is 0 Å². The molecular formula is C29H28BN. The van der Waals surface area contributed by atoms with Gasteiger partial charge in [0.05, 0.1) is 0 Å². The van der Waals surface area contributed by atoms with E-state index in [2.05, 4.69) is 116 Å². The van der Waals surface area contributed by atoms with E-state index in [4.69, 9.17) is 0 Å². The van der Waals surface area contributed by atoms with E-state index in [0.717, 1.165) is 0 Å². The lowest BCUT2D eigenvalue weighted by Crippen LogP contribution is -2.30. The highest BCUT2D eigenvalue weighted by Crippen LogP contribution is 2.31. The summed E-state index contributed by atoms with van der Waals surface area (Å²) in [6, 6.07) is 37.6. The van der Waals surface area contributed by atoms with Gasteiger partial charge in [-0.05, 0) is 70.8 Å². The van der Waals surface area contributed by atoms with Crippen LogP contribution in [-0.2, 0) is 0 Å². The van der Waals surface area contributed by atoms with Crippen molar-refractivity contribution in [1.29, 1.82) is 0 Å². The molecule has 1 saturated heterocycles. The molecule has 0 spiro atoms. The molecule has 0 bridgehead atoms. The second kappa shape index (κ2) is 8.95. The predicted molar refractivity (Wildman–Crippen MR) is 135 cm³/mol. The first-order valence-corrected chi connectivity index (χ1v) is 11.3. The van der Waals surface area contributed by atoms with Gasteiger partial charge in [0.2, 0.25) is 0 Å². The molecule has 1 aliphatic rings. The normalized spacial score (nSPS) is 15.1.